The van der Waals surface area contributed by atoms with Gasteiger partial charge >= 0.3 is 0 Å². The van der Waals surface area contributed by atoms with Gasteiger partial charge in [-0.3, -0.25) is 14.5 Å². The average Bonchev–Trinajstić information content (AvgIpc) is 3.30. The van der Waals surface area contributed by atoms with Gasteiger partial charge in [0.2, 0.25) is 0 Å². The van der Waals surface area contributed by atoms with E-state index >= 15 is 0 Å². The average molecular weight is 429 g/mol. The molecule has 0 aromatic heterocycles. The van der Waals surface area contributed by atoms with Gasteiger partial charge in [0.1, 0.15) is 23.4 Å². The van der Waals surface area contributed by atoms with Crippen molar-refractivity contribution in [1.82, 2.24) is 0 Å². The topological polar surface area (TPSA) is 66.8 Å². The maximum absolute atomic E-state index is 13.6. The number of hydrogen-bond acceptors (Lipinski definition) is 4. The van der Waals surface area contributed by atoms with Crippen molar-refractivity contribution in [2.45, 2.75) is 25.5 Å². The van der Waals surface area contributed by atoms with Gasteiger partial charge in [-0.25, -0.2) is 4.39 Å². The first-order valence-corrected chi connectivity index (χ1v) is 10.4. The summed E-state index contributed by atoms with van der Waals surface area (Å²) in [6.45, 7) is 1.96. The number of para-hydroxylation sites is 1. The van der Waals surface area contributed by atoms with Gasteiger partial charge < -0.3 is 9.84 Å². The molecule has 3 aromatic rings. The Morgan fingerprint density at radius 3 is 2.47 bits per heavy atom. The maximum Gasteiger partial charge on any atom is 0.300 e. The highest BCUT2D eigenvalue weighted by molar-refractivity contribution is 6.51. The summed E-state index contributed by atoms with van der Waals surface area (Å²) in [5.74, 6) is -1.48. The summed E-state index contributed by atoms with van der Waals surface area (Å²) in [7, 11) is 0. The predicted octanol–water partition coefficient (Wildman–Crippen LogP) is 4.78. The minimum atomic E-state index is -0.888. The van der Waals surface area contributed by atoms with E-state index in [0.29, 0.717) is 23.2 Å². The zero-order chi connectivity index (χ0) is 22.4. The van der Waals surface area contributed by atoms with Crippen molar-refractivity contribution in [1.29, 1.82) is 0 Å². The smallest absolute Gasteiger partial charge is 0.300 e. The molecule has 0 radical (unpaired) electrons. The molecule has 6 heteroatoms. The number of aliphatic hydroxyl groups excluding tert-OH is 1. The molecule has 0 bridgehead atoms. The summed E-state index contributed by atoms with van der Waals surface area (Å²) in [6, 6.07) is 18.7. The molecule has 1 saturated heterocycles. The Balaban J connectivity index is 1.69. The molecule has 2 aliphatic heterocycles. The van der Waals surface area contributed by atoms with Crippen LogP contribution in [0, 0.1) is 5.82 Å². The van der Waals surface area contributed by atoms with Gasteiger partial charge in [0.25, 0.3) is 11.7 Å². The summed E-state index contributed by atoms with van der Waals surface area (Å²) in [5.41, 5.74) is 2.36. The molecular weight excluding hydrogens is 409 g/mol. The molecule has 5 nitrogen and oxygen atoms in total. The first-order valence-electron chi connectivity index (χ1n) is 10.4. The number of ketones is 1. The molecule has 2 atom stereocenters. The van der Waals surface area contributed by atoms with E-state index in [0.717, 1.165) is 11.3 Å². The van der Waals surface area contributed by atoms with Crippen LogP contribution >= 0.6 is 0 Å². The second kappa shape index (κ2) is 7.64. The van der Waals surface area contributed by atoms with Gasteiger partial charge in [0, 0.05) is 17.7 Å². The lowest BCUT2D eigenvalue weighted by Gasteiger charge is -2.25. The number of ether oxygens (including phenoxy) is 1. The van der Waals surface area contributed by atoms with Crippen LogP contribution in [0.1, 0.15) is 29.7 Å². The third-order valence-electron chi connectivity index (χ3n) is 5.83. The highest BCUT2D eigenvalue weighted by atomic mass is 19.1. The molecule has 1 N–H and O–H groups in total. The fourth-order valence-electron chi connectivity index (χ4n) is 4.37. The second-order valence-electron chi connectivity index (χ2n) is 8.01. The first-order chi connectivity index (χ1) is 15.4. The van der Waals surface area contributed by atoms with Crippen LogP contribution in [0.25, 0.3) is 5.76 Å². The minimum absolute atomic E-state index is 0.0302. The number of benzene rings is 3. The van der Waals surface area contributed by atoms with E-state index in [9.17, 15) is 19.1 Å². The van der Waals surface area contributed by atoms with Gasteiger partial charge in [0.15, 0.2) is 0 Å². The number of hydrogen-bond donors (Lipinski definition) is 1. The van der Waals surface area contributed by atoms with Crippen molar-refractivity contribution in [2.24, 2.45) is 0 Å². The van der Waals surface area contributed by atoms with Crippen LogP contribution in [0.2, 0.25) is 0 Å². The van der Waals surface area contributed by atoms with Gasteiger partial charge in [-0.2, -0.15) is 0 Å². The van der Waals surface area contributed by atoms with E-state index < -0.39 is 23.5 Å². The number of carbonyl (C=O) groups is 2. The number of aliphatic hydroxyl groups is 1. The molecule has 5 rings (SSSR count). The van der Waals surface area contributed by atoms with E-state index in [1.165, 1.54) is 29.2 Å². The number of carbonyl (C=O) groups excluding carboxylic acids is 2. The van der Waals surface area contributed by atoms with Crippen molar-refractivity contribution in [3.63, 3.8) is 0 Å². The number of nitrogens with zero attached hydrogens (tertiary/aromatic N) is 1. The molecular formula is C26H20FNO4. The SMILES string of the molecule is CC1Cc2cc(/C(O)=C3/C(=O)C(=O)N(c4ccccc4)C3c3ccc(F)cc3)ccc2O1. The van der Waals surface area contributed by atoms with Crippen LogP contribution in [0.5, 0.6) is 5.75 Å². The van der Waals surface area contributed by atoms with E-state index in [2.05, 4.69) is 0 Å². The Labute approximate surface area is 184 Å². The summed E-state index contributed by atoms with van der Waals surface area (Å²) < 4.78 is 19.3. The minimum Gasteiger partial charge on any atom is -0.507 e. The van der Waals surface area contributed by atoms with Gasteiger partial charge in [-0.1, -0.05) is 30.3 Å². The van der Waals surface area contributed by atoms with Crippen molar-refractivity contribution >= 4 is 23.1 Å². The summed E-state index contributed by atoms with van der Waals surface area (Å²) in [6.07, 6.45) is 0.723. The van der Waals surface area contributed by atoms with Crippen LogP contribution in [0.3, 0.4) is 0 Å². The zero-order valence-electron chi connectivity index (χ0n) is 17.3. The fraction of sp³-hybridized carbons (Fsp3) is 0.154. The molecule has 2 heterocycles. The molecule has 3 aromatic carbocycles. The molecule has 0 aliphatic carbocycles. The van der Waals surface area contributed by atoms with Crippen LogP contribution in [0.4, 0.5) is 10.1 Å². The molecule has 2 aliphatic rings. The Morgan fingerprint density at radius 1 is 1.03 bits per heavy atom. The number of anilines is 1. The lowest BCUT2D eigenvalue weighted by molar-refractivity contribution is -0.132. The van der Waals surface area contributed by atoms with Crippen LogP contribution in [-0.2, 0) is 16.0 Å². The van der Waals surface area contributed by atoms with Crippen LogP contribution < -0.4 is 9.64 Å². The monoisotopic (exact) mass is 429 g/mol. The Morgan fingerprint density at radius 2 is 1.75 bits per heavy atom. The second-order valence-corrected chi connectivity index (χ2v) is 8.01. The number of fused-ring (bicyclic) bond motifs is 1. The highest BCUT2D eigenvalue weighted by Crippen LogP contribution is 2.42. The van der Waals surface area contributed by atoms with Crippen LogP contribution in [-0.4, -0.2) is 22.9 Å². The normalized spacial score (nSPS) is 21.5. The molecule has 1 amide bonds. The van der Waals surface area contributed by atoms with E-state index in [1.54, 1.807) is 48.5 Å². The standard InChI is InChI=1S/C26H20FNO4/c1-15-13-18-14-17(9-12-21(18)32-15)24(29)22-23(16-7-10-19(27)11-8-16)28(26(31)25(22)30)20-5-3-2-4-6-20/h2-12,14-15,23,29H,13H2,1H3/b24-22-. The molecule has 0 spiro atoms. The third-order valence-corrected chi connectivity index (χ3v) is 5.83. The number of Topliss-reactive ketones (excluding diaryl/α,β-unsaturated/α-hetero) is 1. The highest BCUT2D eigenvalue weighted by Gasteiger charge is 2.47. The molecule has 32 heavy (non-hydrogen) atoms. The largest absolute Gasteiger partial charge is 0.507 e. The number of halogens is 1. The molecule has 160 valence electrons. The quantitative estimate of drug-likeness (QED) is 0.370. The zero-order valence-corrected chi connectivity index (χ0v) is 17.3. The number of rotatable bonds is 3. The van der Waals surface area contributed by atoms with E-state index in [1.807, 2.05) is 6.92 Å². The van der Waals surface area contributed by atoms with Gasteiger partial charge in [-0.15, -0.1) is 0 Å². The lowest BCUT2D eigenvalue weighted by atomic mass is 9.94. The Kier molecular flexibility index (Phi) is 4.78. The Bertz CT molecular complexity index is 1250. The molecule has 0 saturated carbocycles. The fourth-order valence-corrected chi connectivity index (χ4v) is 4.37. The lowest BCUT2D eigenvalue weighted by Crippen LogP contribution is -2.29. The number of amides is 1. The first kappa shape index (κ1) is 20.0. The van der Waals surface area contributed by atoms with Gasteiger partial charge in [0.05, 0.1) is 11.6 Å². The van der Waals surface area contributed by atoms with Crippen molar-refractivity contribution in [3.05, 3.63) is 101 Å². The van der Waals surface area contributed by atoms with E-state index in [-0.39, 0.29) is 17.4 Å². The molecule has 2 unspecified atom stereocenters. The summed E-state index contributed by atoms with van der Waals surface area (Å²) in [5, 5.41) is 11.2. The van der Waals surface area contributed by atoms with Crippen molar-refractivity contribution in [3.8, 4) is 5.75 Å². The maximum atomic E-state index is 13.6. The Hall–Kier alpha value is -3.93. The summed E-state index contributed by atoms with van der Waals surface area (Å²) in [4.78, 5) is 27.5. The van der Waals surface area contributed by atoms with Gasteiger partial charge in [-0.05, 0) is 60.5 Å². The van der Waals surface area contributed by atoms with Crippen molar-refractivity contribution < 1.29 is 23.8 Å². The predicted molar refractivity (Wildman–Crippen MR) is 118 cm³/mol. The van der Waals surface area contributed by atoms with E-state index in [4.69, 9.17) is 4.74 Å². The van der Waals surface area contributed by atoms with Crippen molar-refractivity contribution in [2.75, 3.05) is 4.90 Å². The van der Waals surface area contributed by atoms with Crippen LogP contribution in [0.15, 0.2) is 78.4 Å². The third kappa shape index (κ3) is 3.24. The summed E-state index contributed by atoms with van der Waals surface area (Å²) >= 11 is 0. The molecule has 1 fully saturated rings.